The topological polar surface area (TPSA) is 90.9 Å². The molecular weight excluding hydrogens is 302 g/mol. The van der Waals surface area contributed by atoms with Gasteiger partial charge in [0.05, 0.1) is 13.2 Å². The van der Waals surface area contributed by atoms with E-state index in [9.17, 15) is 14.4 Å². The van der Waals surface area contributed by atoms with Gasteiger partial charge >= 0.3 is 18.0 Å². The van der Waals surface area contributed by atoms with Crippen LogP contribution in [0.15, 0.2) is 42.5 Å². The second kappa shape index (κ2) is 10.8. The van der Waals surface area contributed by atoms with Crippen LogP contribution in [0.5, 0.6) is 5.75 Å². The van der Waals surface area contributed by atoms with Crippen LogP contribution in [0, 0.1) is 0 Å². The average molecular weight is 321 g/mol. The lowest BCUT2D eigenvalue weighted by atomic mass is 10.3. The summed E-state index contributed by atoms with van der Waals surface area (Å²) in [6.45, 7) is 2.31. The van der Waals surface area contributed by atoms with Gasteiger partial charge in [0.1, 0.15) is 5.75 Å². The zero-order valence-electron chi connectivity index (χ0n) is 12.8. The van der Waals surface area contributed by atoms with Crippen LogP contribution in [0.2, 0.25) is 0 Å². The molecule has 0 saturated heterocycles. The van der Waals surface area contributed by atoms with Crippen molar-refractivity contribution in [3.8, 4) is 5.75 Å². The number of rotatable bonds is 8. The Morgan fingerprint density at radius 3 is 2.35 bits per heavy atom. The number of carbonyl (C=O) groups excluding carboxylic acids is 3. The summed E-state index contributed by atoms with van der Waals surface area (Å²) in [4.78, 5) is 33.7. The van der Waals surface area contributed by atoms with Crippen molar-refractivity contribution >= 4 is 18.0 Å². The SMILES string of the molecule is CCOC(=O)/C=C/C(=O)OCCCNC(=O)Oc1ccccc1. The summed E-state index contributed by atoms with van der Waals surface area (Å²) in [6, 6.07) is 8.65. The van der Waals surface area contributed by atoms with Gasteiger partial charge < -0.3 is 19.5 Å². The molecule has 0 aliphatic heterocycles. The van der Waals surface area contributed by atoms with E-state index >= 15 is 0 Å². The van der Waals surface area contributed by atoms with Crippen LogP contribution in [0.3, 0.4) is 0 Å². The Morgan fingerprint density at radius 2 is 1.70 bits per heavy atom. The Morgan fingerprint density at radius 1 is 1.04 bits per heavy atom. The largest absolute Gasteiger partial charge is 0.463 e. The van der Waals surface area contributed by atoms with Crippen LogP contribution in [0.1, 0.15) is 13.3 Å². The molecular formula is C16H19NO6. The lowest BCUT2D eigenvalue weighted by Gasteiger charge is -2.06. The van der Waals surface area contributed by atoms with Gasteiger partial charge in [0.2, 0.25) is 0 Å². The molecule has 0 aliphatic rings. The first-order chi connectivity index (χ1) is 11.1. The smallest absolute Gasteiger partial charge is 0.412 e. The van der Waals surface area contributed by atoms with Crippen molar-refractivity contribution in [1.29, 1.82) is 0 Å². The third kappa shape index (κ3) is 8.92. The quantitative estimate of drug-likeness (QED) is 0.446. The number of hydrogen-bond donors (Lipinski definition) is 1. The van der Waals surface area contributed by atoms with E-state index in [1.54, 1.807) is 31.2 Å². The summed E-state index contributed by atoms with van der Waals surface area (Å²) in [7, 11) is 0. The maximum absolute atomic E-state index is 11.4. The number of esters is 2. The Bertz CT molecular complexity index is 541. The molecule has 0 bridgehead atoms. The highest BCUT2D eigenvalue weighted by atomic mass is 16.6. The van der Waals surface area contributed by atoms with E-state index in [1.807, 2.05) is 6.07 Å². The number of nitrogens with one attached hydrogen (secondary N) is 1. The Hall–Kier alpha value is -2.83. The van der Waals surface area contributed by atoms with Crippen molar-refractivity contribution in [2.24, 2.45) is 0 Å². The molecule has 1 rings (SSSR count). The molecule has 0 radical (unpaired) electrons. The molecule has 0 aliphatic carbocycles. The molecule has 1 aromatic carbocycles. The minimum absolute atomic E-state index is 0.109. The molecule has 0 atom stereocenters. The molecule has 7 heteroatoms. The molecule has 124 valence electrons. The van der Waals surface area contributed by atoms with Crippen molar-refractivity contribution in [1.82, 2.24) is 5.32 Å². The first kappa shape index (κ1) is 18.2. The fourth-order valence-corrected chi connectivity index (χ4v) is 1.44. The molecule has 23 heavy (non-hydrogen) atoms. The van der Waals surface area contributed by atoms with E-state index in [2.05, 4.69) is 10.1 Å². The minimum Gasteiger partial charge on any atom is -0.463 e. The third-order valence-electron chi connectivity index (χ3n) is 2.43. The summed E-state index contributed by atoms with van der Waals surface area (Å²) in [5.41, 5.74) is 0. The predicted octanol–water partition coefficient (Wildman–Crippen LogP) is 1.83. The standard InChI is InChI=1S/C16H19NO6/c1-2-21-14(18)9-10-15(19)22-12-6-11-17-16(20)23-13-7-4-3-5-8-13/h3-5,7-10H,2,6,11-12H2,1H3,(H,17,20)/b10-9+. The molecule has 0 saturated carbocycles. The van der Waals surface area contributed by atoms with Gasteiger partial charge in [-0.25, -0.2) is 14.4 Å². The number of ether oxygens (including phenoxy) is 3. The summed E-state index contributed by atoms with van der Waals surface area (Å²) < 4.78 is 14.5. The minimum atomic E-state index is -0.648. The zero-order valence-corrected chi connectivity index (χ0v) is 12.8. The lowest BCUT2D eigenvalue weighted by molar-refractivity contribution is -0.140. The van der Waals surface area contributed by atoms with Gasteiger partial charge in [-0.1, -0.05) is 18.2 Å². The highest BCUT2D eigenvalue weighted by Gasteiger charge is 2.03. The van der Waals surface area contributed by atoms with Gasteiger partial charge in [0.15, 0.2) is 0 Å². The van der Waals surface area contributed by atoms with E-state index < -0.39 is 18.0 Å². The van der Waals surface area contributed by atoms with Crippen LogP contribution < -0.4 is 10.1 Å². The van der Waals surface area contributed by atoms with Crippen LogP contribution >= 0.6 is 0 Å². The number of hydrogen-bond acceptors (Lipinski definition) is 6. The number of amides is 1. The average Bonchev–Trinajstić information content (AvgIpc) is 2.54. The fourth-order valence-electron chi connectivity index (χ4n) is 1.44. The Labute approximate surface area is 134 Å². The summed E-state index contributed by atoms with van der Waals surface area (Å²) >= 11 is 0. The number of carbonyl (C=O) groups is 3. The van der Waals surface area contributed by atoms with Crippen molar-refractivity contribution in [3.63, 3.8) is 0 Å². The van der Waals surface area contributed by atoms with E-state index in [0.717, 1.165) is 12.2 Å². The van der Waals surface area contributed by atoms with Gasteiger partial charge in [-0.15, -0.1) is 0 Å². The lowest BCUT2D eigenvalue weighted by Crippen LogP contribution is -2.28. The van der Waals surface area contributed by atoms with Gasteiger partial charge in [-0.2, -0.15) is 0 Å². The number of benzene rings is 1. The molecule has 1 N–H and O–H groups in total. The highest BCUT2D eigenvalue weighted by Crippen LogP contribution is 2.07. The van der Waals surface area contributed by atoms with Crippen molar-refractivity contribution < 1.29 is 28.6 Å². The van der Waals surface area contributed by atoms with Gasteiger partial charge in [-0.05, 0) is 25.5 Å². The van der Waals surface area contributed by atoms with E-state index in [1.165, 1.54) is 0 Å². The van der Waals surface area contributed by atoms with Crippen molar-refractivity contribution in [2.45, 2.75) is 13.3 Å². The summed E-state index contributed by atoms with van der Waals surface area (Å²) in [5, 5.41) is 2.53. The first-order valence-electron chi connectivity index (χ1n) is 7.14. The highest BCUT2D eigenvalue weighted by molar-refractivity contribution is 5.91. The molecule has 0 fully saturated rings. The van der Waals surface area contributed by atoms with E-state index in [0.29, 0.717) is 18.7 Å². The van der Waals surface area contributed by atoms with Crippen LogP contribution in [-0.2, 0) is 19.1 Å². The predicted molar refractivity (Wildman–Crippen MR) is 81.8 cm³/mol. The fraction of sp³-hybridized carbons (Fsp3) is 0.312. The second-order valence-corrected chi connectivity index (χ2v) is 4.24. The van der Waals surface area contributed by atoms with Crippen LogP contribution in [-0.4, -0.2) is 37.8 Å². The monoisotopic (exact) mass is 321 g/mol. The third-order valence-corrected chi connectivity index (χ3v) is 2.43. The van der Waals surface area contributed by atoms with Crippen LogP contribution in [0.25, 0.3) is 0 Å². The Kier molecular flexibility index (Phi) is 8.58. The maximum atomic E-state index is 11.4. The van der Waals surface area contributed by atoms with Gasteiger partial charge in [0.25, 0.3) is 0 Å². The Balaban J connectivity index is 2.09. The van der Waals surface area contributed by atoms with Crippen molar-refractivity contribution in [3.05, 3.63) is 42.5 Å². The second-order valence-electron chi connectivity index (χ2n) is 4.24. The normalized spacial score (nSPS) is 10.1. The van der Waals surface area contributed by atoms with Crippen LogP contribution in [0.4, 0.5) is 4.79 Å². The van der Waals surface area contributed by atoms with E-state index in [-0.39, 0.29) is 13.2 Å². The molecule has 1 aromatic rings. The van der Waals surface area contributed by atoms with Gasteiger partial charge in [0, 0.05) is 18.7 Å². The van der Waals surface area contributed by atoms with Gasteiger partial charge in [-0.3, -0.25) is 0 Å². The molecule has 0 unspecified atom stereocenters. The molecule has 0 aromatic heterocycles. The zero-order chi connectivity index (χ0) is 16.9. The van der Waals surface area contributed by atoms with Crippen molar-refractivity contribution in [2.75, 3.05) is 19.8 Å². The summed E-state index contributed by atoms with van der Waals surface area (Å²) in [5.74, 6) is -0.805. The molecule has 0 spiro atoms. The number of para-hydroxylation sites is 1. The summed E-state index contributed by atoms with van der Waals surface area (Å²) in [6.07, 6.45) is 1.84. The maximum Gasteiger partial charge on any atom is 0.412 e. The molecule has 1 amide bonds. The molecule has 7 nitrogen and oxygen atoms in total. The van der Waals surface area contributed by atoms with E-state index in [4.69, 9.17) is 9.47 Å². The first-order valence-corrected chi connectivity index (χ1v) is 7.14. The molecule has 0 heterocycles.